The maximum Gasteiger partial charge on any atom is 0.253 e. The van der Waals surface area contributed by atoms with Gasteiger partial charge in [-0.3, -0.25) is 9.59 Å². The number of nitrogens with one attached hydrogen (secondary N) is 2. The van der Waals surface area contributed by atoms with Gasteiger partial charge in [0, 0.05) is 36.9 Å². The van der Waals surface area contributed by atoms with Gasteiger partial charge >= 0.3 is 0 Å². The summed E-state index contributed by atoms with van der Waals surface area (Å²) in [6, 6.07) is 5.80. The molecule has 0 bridgehead atoms. The van der Waals surface area contributed by atoms with Gasteiger partial charge in [0.15, 0.2) is 0 Å². The molecule has 1 fully saturated rings. The van der Waals surface area contributed by atoms with E-state index in [0.29, 0.717) is 17.7 Å². The van der Waals surface area contributed by atoms with Crippen molar-refractivity contribution in [3.05, 3.63) is 23.8 Å². The van der Waals surface area contributed by atoms with Gasteiger partial charge in [-0.25, -0.2) is 0 Å². The summed E-state index contributed by atoms with van der Waals surface area (Å²) in [5.74, 6) is 0.670. The van der Waals surface area contributed by atoms with Crippen LogP contribution in [0.5, 0.6) is 0 Å². The Morgan fingerprint density at radius 1 is 1.14 bits per heavy atom. The standard InChI is InChI=1S/C23H37N3O2/c1-5-6-7-8-9-22(27)25-19-10-11-21(26-14-12-18(4)13-15-26)20(16-19)23(28)24-17(2)3/h10-11,16-18H,5-9,12-15H2,1-4H3,(H,24,28)(H,25,27). The quantitative estimate of drug-likeness (QED) is 0.588. The molecule has 1 aliphatic rings. The number of piperidine rings is 1. The van der Waals surface area contributed by atoms with Crippen LogP contribution in [0, 0.1) is 5.92 Å². The Morgan fingerprint density at radius 3 is 2.50 bits per heavy atom. The molecule has 0 aromatic heterocycles. The third-order valence-corrected chi connectivity index (χ3v) is 5.33. The molecule has 0 atom stereocenters. The largest absolute Gasteiger partial charge is 0.371 e. The minimum Gasteiger partial charge on any atom is -0.371 e. The number of carbonyl (C=O) groups is 2. The molecule has 1 saturated heterocycles. The van der Waals surface area contributed by atoms with Crippen LogP contribution in [-0.2, 0) is 4.79 Å². The maximum absolute atomic E-state index is 12.8. The number of hydrogen-bond acceptors (Lipinski definition) is 3. The number of carbonyl (C=O) groups excluding carboxylic acids is 2. The summed E-state index contributed by atoms with van der Waals surface area (Å²) < 4.78 is 0. The molecule has 0 spiro atoms. The summed E-state index contributed by atoms with van der Waals surface area (Å²) in [6.07, 6.45) is 7.12. The summed E-state index contributed by atoms with van der Waals surface area (Å²) in [5, 5.41) is 5.97. The molecule has 5 heteroatoms. The van der Waals surface area contributed by atoms with E-state index in [1.807, 2.05) is 32.0 Å². The molecule has 1 aromatic carbocycles. The maximum atomic E-state index is 12.8. The van der Waals surface area contributed by atoms with Crippen molar-refractivity contribution in [3.8, 4) is 0 Å². The molecular formula is C23H37N3O2. The van der Waals surface area contributed by atoms with Crippen molar-refractivity contribution in [2.45, 2.75) is 78.7 Å². The van der Waals surface area contributed by atoms with Crippen LogP contribution in [0.1, 0.15) is 83.0 Å². The van der Waals surface area contributed by atoms with Crippen LogP contribution in [0.15, 0.2) is 18.2 Å². The normalized spacial score (nSPS) is 15.0. The highest BCUT2D eigenvalue weighted by Gasteiger charge is 2.22. The Labute approximate surface area is 170 Å². The van der Waals surface area contributed by atoms with Gasteiger partial charge in [-0.2, -0.15) is 0 Å². The van der Waals surface area contributed by atoms with E-state index in [2.05, 4.69) is 29.4 Å². The Hall–Kier alpha value is -2.04. The number of rotatable bonds is 9. The Morgan fingerprint density at radius 2 is 1.86 bits per heavy atom. The lowest BCUT2D eigenvalue weighted by molar-refractivity contribution is -0.116. The highest BCUT2D eigenvalue weighted by molar-refractivity contribution is 6.02. The van der Waals surface area contributed by atoms with Gasteiger partial charge in [-0.15, -0.1) is 0 Å². The van der Waals surface area contributed by atoms with E-state index in [0.717, 1.165) is 63.2 Å². The molecule has 5 nitrogen and oxygen atoms in total. The van der Waals surface area contributed by atoms with E-state index in [4.69, 9.17) is 0 Å². The summed E-state index contributed by atoms with van der Waals surface area (Å²) in [4.78, 5) is 27.3. The second-order valence-corrected chi connectivity index (χ2v) is 8.39. The van der Waals surface area contributed by atoms with Crippen LogP contribution in [-0.4, -0.2) is 30.9 Å². The summed E-state index contributed by atoms with van der Waals surface area (Å²) in [7, 11) is 0. The Balaban J connectivity index is 2.13. The van der Waals surface area contributed by atoms with E-state index in [-0.39, 0.29) is 17.9 Å². The fraction of sp³-hybridized carbons (Fsp3) is 0.652. The molecule has 156 valence electrons. The molecule has 1 heterocycles. The third kappa shape index (κ3) is 6.84. The molecule has 1 aliphatic heterocycles. The summed E-state index contributed by atoms with van der Waals surface area (Å²) >= 11 is 0. The molecule has 0 aliphatic carbocycles. The fourth-order valence-electron chi connectivity index (χ4n) is 3.60. The number of hydrogen-bond donors (Lipinski definition) is 2. The van der Waals surface area contributed by atoms with E-state index in [1.165, 1.54) is 0 Å². The number of benzene rings is 1. The molecular weight excluding hydrogens is 350 g/mol. The van der Waals surface area contributed by atoms with E-state index >= 15 is 0 Å². The SMILES string of the molecule is CCCCCCC(=O)Nc1ccc(N2CCC(C)CC2)c(C(=O)NC(C)C)c1. The monoisotopic (exact) mass is 387 g/mol. The Kier molecular flexibility index (Phi) is 8.81. The smallest absolute Gasteiger partial charge is 0.253 e. The fourth-order valence-corrected chi connectivity index (χ4v) is 3.60. The van der Waals surface area contributed by atoms with Crippen molar-refractivity contribution in [2.75, 3.05) is 23.3 Å². The molecule has 2 N–H and O–H groups in total. The minimum atomic E-state index is -0.0809. The molecule has 2 amide bonds. The zero-order chi connectivity index (χ0) is 20.5. The second-order valence-electron chi connectivity index (χ2n) is 8.39. The van der Waals surface area contributed by atoms with Crippen LogP contribution >= 0.6 is 0 Å². The number of anilines is 2. The van der Waals surface area contributed by atoms with Gasteiger partial charge in [0.25, 0.3) is 5.91 Å². The first-order valence-corrected chi connectivity index (χ1v) is 10.9. The average molecular weight is 388 g/mol. The highest BCUT2D eigenvalue weighted by Crippen LogP contribution is 2.29. The van der Waals surface area contributed by atoms with Crippen LogP contribution < -0.4 is 15.5 Å². The predicted molar refractivity (Wildman–Crippen MR) is 117 cm³/mol. The van der Waals surface area contributed by atoms with Crippen molar-refractivity contribution in [2.24, 2.45) is 5.92 Å². The zero-order valence-electron chi connectivity index (χ0n) is 18.0. The summed E-state index contributed by atoms with van der Waals surface area (Å²) in [6.45, 7) is 10.3. The molecule has 28 heavy (non-hydrogen) atoms. The van der Waals surface area contributed by atoms with Gasteiger partial charge < -0.3 is 15.5 Å². The van der Waals surface area contributed by atoms with Crippen molar-refractivity contribution in [1.82, 2.24) is 5.32 Å². The molecule has 0 unspecified atom stereocenters. The lowest BCUT2D eigenvalue weighted by atomic mass is 9.97. The van der Waals surface area contributed by atoms with Crippen molar-refractivity contribution < 1.29 is 9.59 Å². The zero-order valence-corrected chi connectivity index (χ0v) is 18.0. The van der Waals surface area contributed by atoms with Crippen molar-refractivity contribution in [3.63, 3.8) is 0 Å². The van der Waals surface area contributed by atoms with E-state index in [9.17, 15) is 9.59 Å². The van der Waals surface area contributed by atoms with Crippen LogP contribution in [0.4, 0.5) is 11.4 Å². The van der Waals surface area contributed by atoms with Crippen LogP contribution in [0.2, 0.25) is 0 Å². The van der Waals surface area contributed by atoms with Gasteiger partial charge in [0.1, 0.15) is 0 Å². The van der Waals surface area contributed by atoms with E-state index < -0.39 is 0 Å². The topological polar surface area (TPSA) is 61.4 Å². The van der Waals surface area contributed by atoms with Gasteiger partial charge in [-0.1, -0.05) is 33.1 Å². The first-order valence-electron chi connectivity index (χ1n) is 10.9. The van der Waals surface area contributed by atoms with Crippen molar-refractivity contribution in [1.29, 1.82) is 0 Å². The first-order chi connectivity index (χ1) is 13.4. The Bertz CT molecular complexity index is 649. The molecule has 2 rings (SSSR count). The van der Waals surface area contributed by atoms with Gasteiger partial charge in [-0.05, 0) is 57.2 Å². The number of unbranched alkanes of at least 4 members (excludes halogenated alkanes) is 3. The predicted octanol–water partition coefficient (Wildman–Crippen LogP) is 4.97. The average Bonchev–Trinajstić information content (AvgIpc) is 2.65. The van der Waals surface area contributed by atoms with Crippen LogP contribution in [0.3, 0.4) is 0 Å². The molecule has 0 radical (unpaired) electrons. The molecule has 0 saturated carbocycles. The van der Waals surface area contributed by atoms with Crippen LogP contribution in [0.25, 0.3) is 0 Å². The van der Waals surface area contributed by atoms with E-state index in [1.54, 1.807) is 0 Å². The number of amides is 2. The second kappa shape index (κ2) is 11.1. The third-order valence-electron chi connectivity index (χ3n) is 5.33. The molecule has 1 aromatic rings. The minimum absolute atomic E-state index is 0.0193. The number of nitrogens with zero attached hydrogens (tertiary/aromatic N) is 1. The lowest BCUT2D eigenvalue weighted by Crippen LogP contribution is -2.36. The van der Waals surface area contributed by atoms with Gasteiger partial charge in [0.2, 0.25) is 5.91 Å². The van der Waals surface area contributed by atoms with Crippen molar-refractivity contribution >= 4 is 23.2 Å². The van der Waals surface area contributed by atoms with Gasteiger partial charge in [0.05, 0.1) is 5.56 Å². The summed E-state index contributed by atoms with van der Waals surface area (Å²) in [5.41, 5.74) is 2.31. The first kappa shape index (κ1) is 22.3. The highest BCUT2D eigenvalue weighted by atomic mass is 16.2. The lowest BCUT2D eigenvalue weighted by Gasteiger charge is -2.33.